The summed E-state index contributed by atoms with van der Waals surface area (Å²) in [4.78, 5) is 25.6. The molecular weight excluding hydrogens is 356 g/mol. The topological polar surface area (TPSA) is 78.8 Å². The Balaban J connectivity index is 2.06. The number of rotatable bonds is 5. The molecule has 7 heteroatoms. The standard InChI is InChI=1S/C21H28N4O3/c1-14-11-25(15(2)13-26)21(27)18-9-17(16-5-7-22-8-6-16)10-23-20(18)28-19(14)12-24(3)4/h5-10,14-15,19,26H,11-13H2,1-4H3/t14-,15+,19+/m1/s1. The fourth-order valence-electron chi connectivity index (χ4n) is 3.38. The van der Waals surface area contributed by atoms with E-state index in [1.165, 1.54) is 0 Å². The Morgan fingerprint density at radius 2 is 2.04 bits per heavy atom. The fourth-order valence-corrected chi connectivity index (χ4v) is 3.38. The highest BCUT2D eigenvalue weighted by atomic mass is 16.5. The monoisotopic (exact) mass is 384 g/mol. The molecule has 0 saturated heterocycles. The van der Waals surface area contributed by atoms with Gasteiger partial charge in [0.25, 0.3) is 5.91 Å². The SMILES string of the molecule is C[C@@H]1CN([C@@H](C)CO)C(=O)c2cc(-c3ccncc3)cnc2O[C@H]1CN(C)C. The molecule has 1 aliphatic heterocycles. The van der Waals surface area contributed by atoms with E-state index in [9.17, 15) is 9.90 Å². The van der Waals surface area contributed by atoms with Crippen molar-refractivity contribution in [3.05, 3.63) is 42.4 Å². The summed E-state index contributed by atoms with van der Waals surface area (Å²) in [6.45, 7) is 5.05. The van der Waals surface area contributed by atoms with Gasteiger partial charge in [0.1, 0.15) is 11.7 Å². The van der Waals surface area contributed by atoms with Gasteiger partial charge in [0, 0.05) is 43.2 Å². The molecule has 0 aliphatic carbocycles. The van der Waals surface area contributed by atoms with Crippen LogP contribution in [0.5, 0.6) is 5.88 Å². The minimum absolute atomic E-state index is 0.0928. The zero-order chi connectivity index (χ0) is 20.3. The molecule has 1 N–H and O–H groups in total. The molecule has 3 rings (SSSR count). The van der Waals surface area contributed by atoms with Crippen LogP contribution in [0.3, 0.4) is 0 Å². The Kier molecular flexibility index (Phi) is 6.26. The fraction of sp³-hybridized carbons (Fsp3) is 0.476. The largest absolute Gasteiger partial charge is 0.472 e. The summed E-state index contributed by atoms with van der Waals surface area (Å²) >= 11 is 0. The van der Waals surface area contributed by atoms with Crippen LogP contribution in [0.4, 0.5) is 0 Å². The quantitative estimate of drug-likeness (QED) is 0.849. The third kappa shape index (κ3) is 4.31. The Morgan fingerprint density at radius 3 is 2.68 bits per heavy atom. The highest BCUT2D eigenvalue weighted by Gasteiger charge is 2.33. The maximum absolute atomic E-state index is 13.3. The van der Waals surface area contributed by atoms with E-state index < -0.39 is 0 Å². The number of hydrogen-bond acceptors (Lipinski definition) is 6. The number of aliphatic hydroxyl groups excluding tert-OH is 1. The van der Waals surface area contributed by atoms with E-state index in [4.69, 9.17) is 4.74 Å². The predicted molar refractivity (Wildman–Crippen MR) is 107 cm³/mol. The van der Waals surface area contributed by atoms with Crippen molar-refractivity contribution >= 4 is 5.91 Å². The van der Waals surface area contributed by atoms with Gasteiger partial charge in [-0.1, -0.05) is 6.92 Å². The van der Waals surface area contributed by atoms with Crippen LogP contribution in [-0.4, -0.2) is 76.7 Å². The second-order valence-electron chi connectivity index (χ2n) is 7.70. The molecule has 3 heterocycles. The first kappa shape index (κ1) is 20.2. The number of ether oxygens (including phenoxy) is 1. The van der Waals surface area contributed by atoms with Crippen molar-refractivity contribution in [1.82, 2.24) is 19.8 Å². The van der Waals surface area contributed by atoms with Crippen molar-refractivity contribution < 1.29 is 14.6 Å². The molecule has 0 aromatic carbocycles. The number of likely N-dealkylation sites (N-methyl/N-ethyl adjacent to an activating group) is 1. The van der Waals surface area contributed by atoms with Crippen LogP contribution in [0, 0.1) is 5.92 Å². The van der Waals surface area contributed by atoms with Gasteiger partial charge >= 0.3 is 0 Å². The summed E-state index contributed by atoms with van der Waals surface area (Å²) < 4.78 is 6.21. The highest BCUT2D eigenvalue weighted by molar-refractivity contribution is 5.98. The van der Waals surface area contributed by atoms with Crippen LogP contribution in [0.25, 0.3) is 11.1 Å². The smallest absolute Gasteiger partial charge is 0.259 e. The van der Waals surface area contributed by atoms with Crippen LogP contribution >= 0.6 is 0 Å². The zero-order valence-electron chi connectivity index (χ0n) is 16.9. The Hall–Kier alpha value is -2.51. The second kappa shape index (κ2) is 8.67. The van der Waals surface area contributed by atoms with E-state index in [1.807, 2.05) is 39.2 Å². The molecule has 0 spiro atoms. The number of aromatic nitrogens is 2. The van der Waals surface area contributed by atoms with Gasteiger partial charge in [0.05, 0.1) is 12.6 Å². The molecule has 1 amide bonds. The van der Waals surface area contributed by atoms with Gasteiger partial charge in [0.2, 0.25) is 5.88 Å². The van der Waals surface area contributed by atoms with E-state index in [0.29, 0.717) is 24.5 Å². The summed E-state index contributed by atoms with van der Waals surface area (Å²) in [6.07, 6.45) is 5.02. The van der Waals surface area contributed by atoms with Crippen molar-refractivity contribution in [2.24, 2.45) is 5.92 Å². The summed E-state index contributed by atoms with van der Waals surface area (Å²) in [7, 11) is 3.99. The number of aliphatic hydroxyl groups is 1. The molecule has 3 atom stereocenters. The third-order valence-electron chi connectivity index (χ3n) is 5.08. The van der Waals surface area contributed by atoms with Gasteiger partial charge in [-0.25, -0.2) is 4.98 Å². The first-order valence-electron chi connectivity index (χ1n) is 9.54. The molecule has 150 valence electrons. The van der Waals surface area contributed by atoms with Gasteiger partial charge in [-0.15, -0.1) is 0 Å². The van der Waals surface area contributed by atoms with Crippen LogP contribution in [0.1, 0.15) is 24.2 Å². The second-order valence-corrected chi connectivity index (χ2v) is 7.70. The predicted octanol–water partition coefficient (Wildman–Crippen LogP) is 1.93. The molecular formula is C21H28N4O3. The van der Waals surface area contributed by atoms with Crippen LogP contribution in [0.2, 0.25) is 0 Å². The maximum Gasteiger partial charge on any atom is 0.259 e. The van der Waals surface area contributed by atoms with Gasteiger partial charge in [0.15, 0.2) is 0 Å². The summed E-state index contributed by atoms with van der Waals surface area (Å²) in [5.74, 6) is 0.265. The van der Waals surface area contributed by atoms with E-state index >= 15 is 0 Å². The van der Waals surface area contributed by atoms with Gasteiger partial charge < -0.3 is 19.6 Å². The third-order valence-corrected chi connectivity index (χ3v) is 5.08. The molecule has 0 fully saturated rings. The highest BCUT2D eigenvalue weighted by Crippen LogP contribution is 2.30. The Bertz CT molecular complexity index is 813. The Labute approximate surface area is 166 Å². The molecule has 2 aromatic heterocycles. The van der Waals surface area contributed by atoms with Crippen LogP contribution in [-0.2, 0) is 0 Å². The lowest BCUT2D eigenvalue weighted by Crippen LogP contribution is -2.49. The summed E-state index contributed by atoms with van der Waals surface area (Å²) in [5, 5.41) is 9.69. The van der Waals surface area contributed by atoms with Crippen LogP contribution < -0.4 is 4.74 Å². The number of carbonyl (C=O) groups excluding carboxylic acids is 1. The summed E-state index contributed by atoms with van der Waals surface area (Å²) in [6, 6.07) is 5.29. The van der Waals surface area contributed by atoms with E-state index in [0.717, 1.165) is 11.1 Å². The molecule has 2 aromatic rings. The van der Waals surface area contributed by atoms with Crippen molar-refractivity contribution in [3.8, 4) is 17.0 Å². The molecule has 1 aliphatic rings. The average molecular weight is 384 g/mol. The molecule has 0 saturated carbocycles. The van der Waals surface area contributed by atoms with Gasteiger partial charge in [-0.2, -0.15) is 0 Å². The minimum atomic E-state index is -0.287. The maximum atomic E-state index is 13.3. The number of hydrogen-bond donors (Lipinski definition) is 1. The Morgan fingerprint density at radius 1 is 1.32 bits per heavy atom. The lowest BCUT2D eigenvalue weighted by Gasteiger charge is -2.37. The average Bonchev–Trinajstić information content (AvgIpc) is 2.70. The zero-order valence-corrected chi connectivity index (χ0v) is 16.9. The number of pyridine rings is 2. The normalized spacial score (nSPS) is 20.9. The van der Waals surface area contributed by atoms with Gasteiger partial charge in [-0.05, 0) is 44.8 Å². The van der Waals surface area contributed by atoms with Crippen LogP contribution in [0.15, 0.2) is 36.8 Å². The van der Waals surface area contributed by atoms with Crippen molar-refractivity contribution in [2.75, 3.05) is 33.8 Å². The number of fused-ring (bicyclic) bond motifs is 1. The van der Waals surface area contributed by atoms with Gasteiger partial charge in [-0.3, -0.25) is 9.78 Å². The van der Waals surface area contributed by atoms with Crippen molar-refractivity contribution in [3.63, 3.8) is 0 Å². The lowest BCUT2D eigenvalue weighted by atomic mass is 9.99. The molecule has 28 heavy (non-hydrogen) atoms. The van der Waals surface area contributed by atoms with Crippen molar-refractivity contribution in [1.29, 1.82) is 0 Å². The first-order chi connectivity index (χ1) is 13.4. The van der Waals surface area contributed by atoms with Crippen molar-refractivity contribution in [2.45, 2.75) is 26.0 Å². The molecule has 7 nitrogen and oxygen atoms in total. The number of amides is 1. The molecule has 0 bridgehead atoms. The lowest BCUT2D eigenvalue weighted by molar-refractivity contribution is 0.0348. The molecule has 0 radical (unpaired) electrons. The first-order valence-corrected chi connectivity index (χ1v) is 9.54. The number of nitrogens with zero attached hydrogens (tertiary/aromatic N) is 4. The van der Waals surface area contributed by atoms with E-state index in [1.54, 1.807) is 23.5 Å². The van der Waals surface area contributed by atoms with E-state index in [2.05, 4.69) is 21.8 Å². The minimum Gasteiger partial charge on any atom is -0.472 e. The number of carbonyl (C=O) groups is 1. The summed E-state index contributed by atoms with van der Waals surface area (Å²) in [5.41, 5.74) is 2.18. The van der Waals surface area contributed by atoms with E-state index in [-0.39, 0.29) is 30.6 Å². The molecule has 0 unspecified atom stereocenters.